The van der Waals surface area contributed by atoms with Crippen LogP contribution in [0.4, 0.5) is 0 Å². The molecule has 88 valence electrons. The molecule has 0 amide bonds. The van der Waals surface area contributed by atoms with Crippen LogP contribution in [0.5, 0.6) is 0 Å². The molecule has 2 aliphatic heterocycles. The van der Waals surface area contributed by atoms with Crippen molar-refractivity contribution in [2.24, 2.45) is 5.92 Å². The largest absolute Gasteiger partial charge is 0.372 e. The maximum atomic E-state index is 6.05. The molecule has 0 spiro atoms. The molecule has 0 aliphatic carbocycles. The van der Waals surface area contributed by atoms with E-state index in [1.54, 1.807) is 0 Å². The molecule has 2 heterocycles. The predicted octanol–water partition coefficient (Wildman–Crippen LogP) is 2.72. The van der Waals surface area contributed by atoms with Crippen molar-refractivity contribution >= 4 is 0 Å². The predicted molar refractivity (Wildman–Crippen MR) is 63.0 cm³/mol. The summed E-state index contributed by atoms with van der Waals surface area (Å²) in [5, 5.41) is 3.62. The highest BCUT2D eigenvalue weighted by Gasteiger charge is 2.33. The van der Waals surface area contributed by atoms with Gasteiger partial charge in [0.15, 0.2) is 0 Å². The van der Waals surface area contributed by atoms with Gasteiger partial charge < -0.3 is 10.1 Å². The van der Waals surface area contributed by atoms with E-state index in [-0.39, 0.29) is 5.60 Å². The Balaban J connectivity index is 1.77. The number of hydrogen-bond acceptors (Lipinski definition) is 2. The fourth-order valence-corrected chi connectivity index (χ4v) is 2.96. The van der Waals surface area contributed by atoms with Crippen molar-refractivity contribution in [1.82, 2.24) is 5.32 Å². The third-order valence-electron chi connectivity index (χ3n) is 3.86. The van der Waals surface area contributed by atoms with Crippen LogP contribution in [0.2, 0.25) is 0 Å². The summed E-state index contributed by atoms with van der Waals surface area (Å²) in [7, 11) is 0. The molecule has 0 radical (unpaired) electrons. The van der Waals surface area contributed by atoms with Crippen molar-refractivity contribution in [3.8, 4) is 0 Å². The molecule has 1 N–H and O–H groups in total. The van der Waals surface area contributed by atoms with Gasteiger partial charge in [0, 0.05) is 6.04 Å². The maximum Gasteiger partial charge on any atom is 0.0631 e. The molecule has 2 rings (SSSR count). The fourth-order valence-electron chi connectivity index (χ4n) is 2.96. The van der Waals surface area contributed by atoms with E-state index in [9.17, 15) is 0 Å². The van der Waals surface area contributed by atoms with Crippen molar-refractivity contribution in [3.05, 3.63) is 0 Å². The summed E-state index contributed by atoms with van der Waals surface area (Å²) >= 11 is 0. The van der Waals surface area contributed by atoms with Crippen LogP contribution in [0.15, 0.2) is 0 Å². The monoisotopic (exact) mass is 211 g/mol. The Hall–Kier alpha value is -0.0800. The summed E-state index contributed by atoms with van der Waals surface area (Å²) in [4.78, 5) is 0. The van der Waals surface area contributed by atoms with Gasteiger partial charge in [-0.25, -0.2) is 0 Å². The van der Waals surface area contributed by atoms with E-state index in [2.05, 4.69) is 26.1 Å². The minimum Gasteiger partial charge on any atom is -0.372 e. The highest BCUT2D eigenvalue weighted by molar-refractivity contribution is 4.85. The first kappa shape index (κ1) is 11.4. The zero-order valence-electron chi connectivity index (χ0n) is 10.4. The Kier molecular flexibility index (Phi) is 3.36. The number of rotatable bonds is 2. The first-order chi connectivity index (χ1) is 7.05. The third-order valence-corrected chi connectivity index (χ3v) is 3.86. The molecule has 2 nitrogen and oxygen atoms in total. The van der Waals surface area contributed by atoms with Crippen LogP contribution in [-0.4, -0.2) is 24.3 Å². The lowest BCUT2D eigenvalue weighted by molar-refractivity contribution is -0.0237. The summed E-state index contributed by atoms with van der Waals surface area (Å²) < 4.78 is 6.05. The average Bonchev–Trinajstić information content (AvgIpc) is 2.45. The molecule has 15 heavy (non-hydrogen) atoms. The number of hydrogen-bond donors (Lipinski definition) is 1. The second-order valence-electron chi connectivity index (χ2n) is 6.05. The normalized spacial score (nSPS) is 40.6. The number of ether oxygens (including phenoxy) is 1. The summed E-state index contributed by atoms with van der Waals surface area (Å²) in [5.74, 6) is 0.894. The molecule has 0 saturated carbocycles. The quantitative estimate of drug-likeness (QED) is 0.758. The Bertz CT molecular complexity index is 215. The maximum absolute atomic E-state index is 6.05. The van der Waals surface area contributed by atoms with Gasteiger partial charge in [0.1, 0.15) is 0 Å². The molecule has 0 aromatic heterocycles. The molecule has 0 aromatic carbocycles. The molecule has 0 aromatic rings. The van der Waals surface area contributed by atoms with Gasteiger partial charge >= 0.3 is 0 Å². The first-order valence-electron chi connectivity index (χ1n) is 6.46. The summed E-state index contributed by atoms with van der Waals surface area (Å²) in [6.45, 7) is 7.99. The molecular formula is C13H25NO. The zero-order valence-corrected chi connectivity index (χ0v) is 10.4. The average molecular weight is 211 g/mol. The van der Waals surface area contributed by atoms with E-state index < -0.39 is 0 Å². The summed E-state index contributed by atoms with van der Waals surface area (Å²) in [6.07, 6.45) is 6.86. The van der Waals surface area contributed by atoms with Crippen molar-refractivity contribution < 1.29 is 4.74 Å². The molecule has 3 unspecified atom stereocenters. The van der Waals surface area contributed by atoms with Crippen molar-refractivity contribution in [3.63, 3.8) is 0 Å². The fraction of sp³-hybridized carbons (Fsp3) is 1.00. The summed E-state index contributed by atoms with van der Waals surface area (Å²) in [6, 6.07) is 0.702. The Morgan fingerprint density at radius 1 is 1.33 bits per heavy atom. The van der Waals surface area contributed by atoms with Crippen LogP contribution in [-0.2, 0) is 4.74 Å². The van der Waals surface area contributed by atoms with Crippen LogP contribution in [0, 0.1) is 5.92 Å². The Morgan fingerprint density at radius 2 is 2.13 bits per heavy atom. The summed E-state index contributed by atoms with van der Waals surface area (Å²) in [5.41, 5.74) is 0.130. The second kappa shape index (κ2) is 4.42. The van der Waals surface area contributed by atoms with E-state index in [1.807, 2.05) is 0 Å². The molecule has 0 bridgehead atoms. The second-order valence-corrected chi connectivity index (χ2v) is 6.05. The number of nitrogens with one attached hydrogen (secondary N) is 1. The van der Waals surface area contributed by atoms with Gasteiger partial charge in [0.05, 0.1) is 11.7 Å². The lowest BCUT2D eigenvalue weighted by Gasteiger charge is -2.30. The van der Waals surface area contributed by atoms with E-state index in [1.165, 1.54) is 38.6 Å². The molecule has 3 atom stereocenters. The third kappa shape index (κ3) is 3.18. The molecule has 2 fully saturated rings. The van der Waals surface area contributed by atoms with Crippen LogP contribution in [0.3, 0.4) is 0 Å². The van der Waals surface area contributed by atoms with Crippen LogP contribution >= 0.6 is 0 Å². The van der Waals surface area contributed by atoms with E-state index in [0.29, 0.717) is 12.1 Å². The van der Waals surface area contributed by atoms with Gasteiger partial charge in [-0.2, -0.15) is 0 Å². The molecule has 2 heteroatoms. The smallest absolute Gasteiger partial charge is 0.0631 e. The molecule has 2 saturated heterocycles. The minimum absolute atomic E-state index is 0.130. The highest BCUT2D eigenvalue weighted by Crippen LogP contribution is 2.32. The Labute approximate surface area is 93.8 Å². The lowest BCUT2D eigenvalue weighted by Crippen LogP contribution is -2.39. The Morgan fingerprint density at radius 3 is 2.73 bits per heavy atom. The van der Waals surface area contributed by atoms with Crippen LogP contribution < -0.4 is 5.32 Å². The van der Waals surface area contributed by atoms with Gasteiger partial charge in [-0.3, -0.25) is 0 Å². The van der Waals surface area contributed by atoms with Crippen molar-refractivity contribution in [1.29, 1.82) is 0 Å². The van der Waals surface area contributed by atoms with Crippen molar-refractivity contribution in [2.45, 2.75) is 70.6 Å². The topological polar surface area (TPSA) is 21.3 Å². The minimum atomic E-state index is 0.130. The van der Waals surface area contributed by atoms with Gasteiger partial charge in [0.25, 0.3) is 0 Å². The molecular weight excluding hydrogens is 186 g/mol. The van der Waals surface area contributed by atoms with E-state index >= 15 is 0 Å². The van der Waals surface area contributed by atoms with E-state index in [4.69, 9.17) is 4.74 Å². The van der Waals surface area contributed by atoms with E-state index in [0.717, 1.165) is 5.92 Å². The number of piperidine rings is 1. The highest BCUT2D eigenvalue weighted by atomic mass is 16.5. The molecule has 2 aliphatic rings. The standard InChI is InChI=1S/C13H25NO/c1-10-5-7-14-11(8-10)9-12-4-6-13(2,3)15-12/h10-12,14H,4-9H2,1-3H3. The SMILES string of the molecule is CC1CCNC(CC2CCC(C)(C)O2)C1. The van der Waals surface area contributed by atoms with Gasteiger partial charge in [-0.05, 0) is 58.4 Å². The van der Waals surface area contributed by atoms with Gasteiger partial charge in [-0.15, -0.1) is 0 Å². The lowest BCUT2D eigenvalue weighted by atomic mass is 9.90. The first-order valence-corrected chi connectivity index (χ1v) is 6.46. The van der Waals surface area contributed by atoms with Crippen LogP contribution in [0.25, 0.3) is 0 Å². The zero-order chi connectivity index (χ0) is 10.9. The van der Waals surface area contributed by atoms with Crippen molar-refractivity contribution in [2.75, 3.05) is 6.54 Å². The van der Waals surface area contributed by atoms with Gasteiger partial charge in [-0.1, -0.05) is 6.92 Å². The van der Waals surface area contributed by atoms with Gasteiger partial charge in [0.2, 0.25) is 0 Å². The van der Waals surface area contributed by atoms with Crippen LogP contribution in [0.1, 0.15) is 52.9 Å².